The van der Waals surface area contributed by atoms with Gasteiger partial charge in [-0.15, -0.1) is 10.2 Å². The molecule has 0 aliphatic heterocycles. The van der Waals surface area contributed by atoms with Crippen molar-refractivity contribution in [3.63, 3.8) is 0 Å². The van der Waals surface area contributed by atoms with Crippen LogP contribution in [0.1, 0.15) is 28.7 Å². The van der Waals surface area contributed by atoms with Gasteiger partial charge >= 0.3 is 0 Å². The second-order valence-corrected chi connectivity index (χ2v) is 4.98. The van der Waals surface area contributed by atoms with Crippen molar-refractivity contribution in [3.05, 3.63) is 29.2 Å². The molecule has 2 heterocycles. The van der Waals surface area contributed by atoms with Gasteiger partial charge in [0.2, 0.25) is 11.0 Å². The molecule has 0 saturated heterocycles. The molecule has 0 radical (unpaired) electrons. The first-order valence-corrected chi connectivity index (χ1v) is 6.93. The van der Waals surface area contributed by atoms with E-state index in [1.807, 2.05) is 6.92 Å². The smallest absolute Gasteiger partial charge is 0.254 e. The highest BCUT2D eigenvalue weighted by molar-refractivity contribution is 7.15. The van der Waals surface area contributed by atoms with Crippen molar-refractivity contribution in [2.24, 2.45) is 0 Å². The monoisotopic (exact) mass is 294 g/mol. The fraction of sp³-hybridized carbons (Fsp3) is 0.333. The number of nitrogens with one attached hydrogen (secondary N) is 2. The maximum atomic E-state index is 11.6. The van der Waals surface area contributed by atoms with E-state index < -0.39 is 0 Å². The molecule has 0 aliphatic rings. The summed E-state index contributed by atoms with van der Waals surface area (Å²) in [6.45, 7) is 2.22. The number of carbonyl (C=O) groups excluding carboxylic acids is 2. The van der Waals surface area contributed by atoms with Gasteiger partial charge in [-0.05, 0) is 12.5 Å². The van der Waals surface area contributed by atoms with Crippen LogP contribution in [0.2, 0.25) is 0 Å². The number of amides is 2. The van der Waals surface area contributed by atoms with Crippen molar-refractivity contribution in [1.29, 1.82) is 0 Å². The Bertz CT molecular complexity index is 579. The number of aryl methyl sites for hydroxylation is 1. The third-order valence-electron chi connectivity index (χ3n) is 2.44. The van der Waals surface area contributed by atoms with Crippen LogP contribution < -0.4 is 10.6 Å². The number of carbonyl (C=O) groups is 2. The zero-order valence-electron chi connectivity index (χ0n) is 10.9. The van der Waals surface area contributed by atoms with Crippen molar-refractivity contribution in [2.45, 2.75) is 19.8 Å². The molecule has 2 aromatic heterocycles. The zero-order chi connectivity index (χ0) is 14.4. The van der Waals surface area contributed by atoms with Crippen LogP contribution >= 0.6 is 11.3 Å². The Morgan fingerprint density at radius 1 is 1.40 bits per heavy atom. The van der Waals surface area contributed by atoms with E-state index in [0.29, 0.717) is 10.7 Å². The lowest BCUT2D eigenvalue weighted by molar-refractivity contribution is -0.116. The largest absolute Gasteiger partial charge is 0.472 e. The Morgan fingerprint density at radius 3 is 2.90 bits per heavy atom. The molecule has 0 bridgehead atoms. The van der Waals surface area contributed by atoms with Crippen LogP contribution in [0.3, 0.4) is 0 Å². The number of nitrogens with zero attached hydrogens (tertiary/aromatic N) is 2. The second kappa shape index (κ2) is 6.80. The predicted octanol–water partition coefficient (Wildman–Crippen LogP) is 1.45. The Hall–Kier alpha value is -2.22. The molecule has 0 saturated carbocycles. The van der Waals surface area contributed by atoms with E-state index in [1.165, 1.54) is 23.9 Å². The molecule has 0 unspecified atom stereocenters. The van der Waals surface area contributed by atoms with Gasteiger partial charge in [-0.3, -0.25) is 9.59 Å². The SMILES string of the molecule is CCc1nnc(NC(=O)CCNC(=O)c2ccoc2)s1. The Kier molecular flexibility index (Phi) is 4.83. The zero-order valence-corrected chi connectivity index (χ0v) is 11.7. The Labute approximate surface area is 119 Å². The lowest BCUT2D eigenvalue weighted by atomic mass is 10.3. The van der Waals surface area contributed by atoms with Crippen LogP contribution in [0.4, 0.5) is 5.13 Å². The minimum atomic E-state index is -0.268. The van der Waals surface area contributed by atoms with Gasteiger partial charge in [0.15, 0.2) is 0 Å². The average molecular weight is 294 g/mol. The van der Waals surface area contributed by atoms with Gasteiger partial charge in [0.1, 0.15) is 11.3 Å². The van der Waals surface area contributed by atoms with Crippen LogP contribution in [-0.4, -0.2) is 28.6 Å². The van der Waals surface area contributed by atoms with E-state index in [2.05, 4.69) is 20.8 Å². The first-order chi connectivity index (χ1) is 9.69. The third kappa shape index (κ3) is 3.89. The molecule has 2 amide bonds. The summed E-state index contributed by atoms with van der Waals surface area (Å²) in [7, 11) is 0. The lowest BCUT2D eigenvalue weighted by Crippen LogP contribution is -2.27. The molecule has 20 heavy (non-hydrogen) atoms. The minimum absolute atomic E-state index is 0.171. The predicted molar refractivity (Wildman–Crippen MR) is 73.6 cm³/mol. The number of furan rings is 1. The topological polar surface area (TPSA) is 97.1 Å². The molecular weight excluding hydrogens is 280 g/mol. The number of hydrogen-bond donors (Lipinski definition) is 2. The summed E-state index contributed by atoms with van der Waals surface area (Å²) in [5.41, 5.74) is 0.433. The first kappa shape index (κ1) is 14.2. The van der Waals surface area contributed by atoms with Gasteiger partial charge in [0.05, 0.1) is 11.8 Å². The van der Waals surface area contributed by atoms with Gasteiger partial charge < -0.3 is 15.1 Å². The second-order valence-electron chi connectivity index (χ2n) is 3.92. The highest BCUT2D eigenvalue weighted by Gasteiger charge is 2.09. The third-order valence-corrected chi connectivity index (χ3v) is 3.42. The first-order valence-electron chi connectivity index (χ1n) is 6.11. The number of hydrogen-bond acceptors (Lipinski definition) is 6. The van der Waals surface area contributed by atoms with Crippen LogP contribution in [0.5, 0.6) is 0 Å². The van der Waals surface area contributed by atoms with E-state index in [1.54, 1.807) is 6.07 Å². The normalized spacial score (nSPS) is 10.2. The fourth-order valence-corrected chi connectivity index (χ4v) is 2.11. The minimum Gasteiger partial charge on any atom is -0.472 e. The molecule has 7 nitrogen and oxygen atoms in total. The van der Waals surface area contributed by atoms with Crippen LogP contribution in [0.25, 0.3) is 0 Å². The molecule has 2 N–H and O–H groups in total. The molecular formula is C12H14N4O3S. The number of anilines is 1. The van der Waals surface area contributed by atoms with E-state index in [-0.39, 0.29) is 24.8 Å². The highest BCUT2D eigenvalue weighted by atomic mass is 32.1. The highest BCUT2D eigenvalue weighted by Crippen LogP contribution is 2.15. The molecule has 2 rings (SSSR count). The summed E-state index contributed by atoms with van der Waals surface area (Å²) in [6.07, 6.45) is 3.73. The molecule has 0 atom stereocenters. The van der Waals surface area contributed by atoms with Crippen molar-refractivity contribution in [2.75, 3.05) is 11.9 Å². The quantitative estimate of drug-likeness (QED) is 0.840. The average Bonchev–Trinajstić information content (AvgIpc) is 3.09. The summed E-state index contributed by atoms with van der Waals surface area (Å²) in [4.78, 5) is 23.2. The lowest BCUT2D eigenvalue weighted by Gasteiger charge is -2.03. The fourth-order valence-electron chi connectivity index (χ4n) is 1.41. The van der Waals surface area contributed by atoms with E-state index in [4.69, 9.17) is 4.42 Å². The summed E-state index contributed by atoms with van der Waals surface area (Å²) >= 11 is 1.35. The molecule has 0 aromatic carbocycles. The van der Waals surface area contributed by atoms with Gasteiger partial charge in [0, 0.05) is 13.0 Å². The summed E-state index contributed by atoms with van der Waals surface area (Å²) in [6, 6.07) is 1.56. The van der Waals surface area contributed by atoms with Crippen LogP contribution in [-0.2, 0) is 11.2 Å². The van der Waals surface area contributed by atoms with E-state index >= 15 is 0 Å². The molecule has 8 heteroatoms. The Balaban J connectivity index is 1.71. The number of aromatic nitrogens is 2. The molecule has 0 aliphatic carbocycles. The van der Waals surface area contributed by atoms with Gasteiger partial charge in [-0.25, -0.2) is 0 Å². The standard InChI is InChI=1S/C12H14N4O3S/c1-2-10-15-16-12(20-10)14-9(17)3-5-13-11(18)8-4-6-19-7-8/h4,6-7H,2-3,5H2,1H3,(H,13,18)(H,14,16,17). The number of rotatable bonds is 6. The summed E-state index contributed by atoms with van der Waals surface area (Å²) in [5, 5.41) is 14.4. The molecule has 106 valence electrons. The Morgan fingerprint density at radius 2 is 2.25 bits per heavy atom. The molecule has 0 spiro atoms. The molecule has 2 aromatic rings. The summed E-state index contributed by atoms with van der Waals surface area (Å²) < 4.78 is 4.80. The maximum absolute atomic E-state index is 11.6. The van der Waals surface area contributed by atoms with E-state index in [0.717, 1.165) is 11.4 Å². The van der Waals surface area contributed by atoms with Crippen molar-refractivity contribution >= 4 is 28.3 Å². The van der Waals surface area contributed by atoms with Gasteiger partial charge in [-0.1, -0.05) is 18.3 Å². The molecule has 0 fully saturated rings. The summed E-state index contributed by atoms with van der Waals surface area (Å²) in [5.74, 6) is -0.480. The van der Waals surface area contributed by atoms with Crippen molar-refractivity contribution in [1.82, 2.24) is 15.5 Å². The van der Waals surface area contributed by atoms with Crippen LogP contribution in [0.15, 0.2) is 23.0 Å². The van der Waals surface area contributed by atoms with Gasteiger partial charge in [0.25, 0.3) is 5.91 Å². The van der Waals surface area contributed by atoms with Crippen molar-refractivity contribution in [3.8, 4) is 0 Å². The van der Waals surface area contributed by atoms with Crippen LogP contribution in [0, 0.1) is 0 Å². The van der Waals surface area contributed by atoms with Crippen molar-refractivity contribution < 1.29 is 14.0 Å². The van der Waals surface area contributed by atoms with E-state index in [9.17, 15) is 9.59 Å². The maximum Gasteiger partial charge on any atom is 0.254 e. The van der Waals surface area contributed by atoms with Gasteiger partial charge in [-0.2, -0.15) is 0 Å².